The van der Waals surface area contributed by atoms with Crippen molar-refractivity contribution < 1.29 is 69.6 Å². The molecule has 0 aromatic heterocycles. The average molecular weight is 1320 g/mol. The maximum Gasteiger partial charge on any atom is 0.406 e. The van der Waals surface area contributed by atoms with Gasteiger partial charge in [0.25, 0.3) is 0 Å². The Balaban J connectivity index is 0.000000215. The van der Waals surface area contributed by atoms with Gasteiger partial charge in [-0.25, -0.2) is 10.7 Å². The molecule has 8 fully saturated rings. The van der Waals surface area contributed by atoms with Crippen molar-refractivity contribution in [3.63, 3.8) is 0 Å². The number of ether oxygens (including phenoxy) is 5. The van der Waals surface area contributed by atoms with Crippen LogP contribution in [0.3, 0.4) is 0 Å². The number of fused-ring (bicyclic) bond motifs is 14. The number of allylic oxidation sites excluding steroid dienone is 8. The van der Waals surface area contributed by atoms with Crippen LogP contribution in [0, 0.1) is 57.2 Å². The largest absolute Gasteiger partial charge is 0.453 e. The molecule has 0 aromatic rings. The summed E-state index contributed by atoms with van der Waals surface area (Å²) in [6.07, 6.45) is 21.0. The monoisotopic (exact) mass is 1320 g/mol. The molecular weight excluding hydrogens is 1220 g/mol. The molecule has 6 saturated carbocycles. The number of nitrogens with one attached hydrogen (secondary N) is 1. The molecule has 486 valence electrons. The molecule has 0 aromatic carbocycles. The van der Waals surface area contributed by atoms with E-state index in [1.807, 2.05) is 55.8 Å². The van der Waals surface area contributed by atoms with E-state index in [9.17, 15) is 30.0 Å². The number of alkyl halides is 1. The van der Waals surface area contributed by atoms with Gasteiger partial charge in [-0.1, -0.05) is 83.9 Å². The minimum absolute atomic E-state index is 0.00543. The van der Waals surface area contributed by atoms with Crippen molar-refractivity contribution in [3.8, 4) is 0 Å². The van der Waals surface area contributed by atoms with Crippen molar-refractivity contribution in [2.45, 2.75) is 180 Å². The van der Waals surface area contributed by atoms with Gasteiger partial charge in [-0.3, -0.25) is 4.79 Å². The van der Waals surface area contributed by atoms with Crippen molar-refractivity contribution in [1.29, 1.82) is 0 Å². The van der Waals surface area contributed by atoms with Gasteiger partial charge in [-0.2, -0.15) is 5.10 Å². The Kier molecular flexibility index (Phi) is 24.0. The van der Waals surface area contributed by atoms with Crippen LogP contribution in [0.1, 0.15) is 133 Å². The van der Waals surface area contributed by atoms with Crippen LogP contribution in [-0.2, 0) is 43.0 Å². The lowest BCUT2D eigenvalue weighted by Crippen LogP contribution is -2.63. The van der Waals surface area contributed by atoms with Crippen LogP contribution >= 0.6 is 22.6 Å². The molecule has 10 aliphatic rings. The highest BCUT2D eigenvalue weighted by Gasteiger charge is 2.77. The van der Waals surface area contributed by atoms with Gasteiger partial charge in [-0.05, 0) is 170 Å². The summed E-state index contributed by atoms with van der Waals surface area (Å²) in [7, 11) is 5.05. The molecule has 23 heteroatoms. The summed E-state index contributed by atoms with van der Waals surface area (Å²) in [5.41, 5.74) is 11.8. The Morgan fingerprint density at radius 2 is 1.22 bits per heavy atom. The molecule has 0 bridgehead atoms. The lowest BCUT2D eigenvalue weighted by atomic mass is 9.46. The smallest absolute Gasteiger partial charge is 0.406 e. The zero-order chi connectivity index (χ0) is 63.5. The van der Waals surface area contributed by atoms with E-state index in [1.54, 1.807) is 11.9 Å². The Labute approximate surface area is 524 Å². The predicted molar refractivity (Wildman–Crippen MR) is 336 cm³/mol. The first-order chi connectivity index (χ1) is 41.5. The van der Waals surface area contributed by atoms with E-state index in [2.05, 4.69) is 77.2 Å². The number of Topliss-reactive ketones (excluding diaryl/α,β-unsaturated/α-hetero) is 1. The highest BCUT2D eigenvalue weighted by atomic mass is 127. The van der Waals surface area contributed by atoms with E-state index in [1.165, 1.54) is 18.3 Å². The Hall–Kier alpha value is -3.44. The molecule has 0 radical (unpaired) electrons. The topological polar surface area (TPSA) is 319 Å². The molecule has 2 unspecified atom stereocenters. The number of amides is 1. The Bertz CT molecular complexity index is 2560. The highest BCUT2D eigenvalue weighted by molar-refractivity contribution is 14.1. The number of carbonyl (C=O) groups excluding carboxylic acids is 2. The van der Waals surface area contributed by atoms with Crippen molar-refractivity contribution >= 4 is 51.6 Å². The van der Waals surface area contributed by atoms with Gasteiger partial charge >= 0.3 is 6.09 Å². The molecule has 1 amide bonds. The highest BCUT2D eigenvalue weighted by Crippen LogP contribution is 2.71. The normalized spacial score (nSPS) is 40.3. The number of carbonyl (C=O) groups is 2. The summed E-state index contributed by atoms with van der Waals surface area (Å²) in [5, 5.41) is 61.7. The minimum atomic E-state index is -1.22. The number of nitrogens with two attached hydrogens (primary N) is 3. The minimum Gasteiger partial charge on any atom is -0.453 e. The number of methoxy groups -OCH3 is 1. The number of aliphatic hydroxyl groups is 4. The first kappa shape index (κ1) is 68.5. The number of alkyl carbamates (subject to hydrolysis) is 1. The van der Waals surface area contributed by atoms with E-state index >= 15 is 0 Å². The van der Waals surface area contributed by atoms with Gasteiger partial charge in [0.05, 0.1) is 50.5 Å². The number of halogens is 1. The third kappa shape index (κ3) is 13.3. The third-order valence-electron chi connectivity index (χ3n) is 21.1. The van der Waals surface area contributed by atoms with Gasteiger partial charge in [-0.15, -0.1) is 0 Å². The molecule has 86 heavy (non-hydrogen) atoms. The standard InChI is InChI=1S/C29H46N4O5.C29H42N2O8.C4H12N2O.CH3I/c1-18-37-25-15-22-21-9-8-19-14-20(32-36-13-7-6-12-30)10-11-27(19,2)26(21)23(35)16-28(22,3)29(25,38-18)24(17-34)31-33(4)5;1-17-38-24-14-21-20-8-7-18-13-19(31-37-12-6-5-11-30-26(35)36-4)9-10-27(18,2)25(20)22(33)15-28(21,3)29(24,39-17)23(34)16-32;5-3-1-2-4-7-6;1-2/h10-11,14,18,21-23,25-26,34-35H,6-9,12-13,15-17,30H2,1-5H3;9-10,13,17,20-22,24-25,32-33H,5-8,11-12,14-16H2,1-4H3,(H,30,35);1-6H2;1H3/b31-24-,32-20+;31-19+;;/t18?,21-,22-,23-,25+,26+,27-,28-,29+;17?,20-,21-,22-,24+,25+,27-,28-,29+;;/m00../s1/i;;;1D. The number of oxime groups is 2. The van der Waals surface area contributed by atoms with Gasteiger partial charge < -0.3 is 80.4 Å². The molecule has 10 rings (SSSR count). The van der Waals surface area contributed by atoms with Gasteiger partial charge in [0, 0.05) is 55.5 Å². The summed E-state index contributed by atoms with van der Waals surface area (Å²) in [5.74, 6) is 5.37. The molecule has 0 spiro atoms. The van der Waals surface area contributed by atoms with Gasteiger partial charge in [0.2, 0.25) is 0 Å². The predicted octanol–water partition coefficient (Wildman–Crippen LogP) is 6.37. The zero-order valence-electron chi connectivity index (χ0n) is 53.4. The van der Waals surface area contributed by atoms with Crippen molar-refractivity contribution in [1.82, 2.24) is 10.3 Å². The molecule has 8 aliphatic carbocycles. The average Bonchev–Trinajstić information content (AvgIpc) is 1.99. The van der Waals surface area contributed by atoms with Gasteiger partial charge in [0.15, 0.2) is 24.0 Å². The quantitative estimate of drug-likeness (QED) is 0.0216. The second-order valence-corrected chi connectivity index (χ2v) is 26.0. The van der Waals surface area contributed by atoms with Crippen LogP contribution in [0.25, 0.3) is 0 Å². The van der Waals surface area contributed by atoms with Crippen molar-refractivity contribution in [2.75, 3.05) is 78.8 Å². The number of hydrogen-bond acceptors (Lipinski definition) is 21. The molecule has 11 N–H and O–H groups in total. The van der Waals surface area contributed by atoms with Crippen LogP contribution in [0.5, 0.6) is 0 Å². The summed E-state index contributed by atoms with van der Waals surface area (Å²) < 4.78 is 36.1. The second kappa shape index (κ2) is 30.1. The number of hydrogen-bond donors (Lipinski definition) is 8. The summed E-state index contributed by atoms with van der Waals surface area (Å²) in [6.45, 7) is 15.2. The van der Waals surface area contributed by atoms with Crippen LogP contribution in [0.2, 0.25) is 0 Å². The number of rotatable bonds is 20. The Morgan fingerprint density at radius 1 is 0.756 bits per heavy atom. The number of unbranched alkanes of at least 4 members (excludes halogenated alkanes) is 3. The van der Waals surface area contributed by atoms with Crippen molar-refractivity contribution in [3.05, 3.63) is 47.6 Å². The fraction of sp³-hybridized carbons (Fsp3) is 0.794. The zero-order valence-corrected chi connectivity index (χ0v) is 54.6. The van der Waals surface area contributed by atoms with Crippen LogP contribution < -0.4 is 22.7 Å². The Morgan fingerprint density at radius 3 is 1.67 bits per heavy atom. The molecule has 22 nitrogen and oxygen atoms in total. The maximum atomic E-state index is 13.2. The van der Waals surface area contributed by atoms with E-state index in [0.717, 1.165) is 88.6 Å². The number of hydrazone groups is 1. The summed E-state index contributed by atoms with van der Waals surface area (Å²) >= 11 is 1.96. The van der Waals surface area contributed by atoms with Crippen LogP contribution in [0.4, 0.5) is 4.79 Å². The number of ketones is 1. The third-order valence-corrected chi connectivity index (χ3v) is 21.1. The molecule has 2 heterocycles. The van der Waals surface area contributed by atoms with Crippen LogP contribution in [-0.4, -0.2) is 181 Å². The van der Waals surface area contributed by atoms with Crippen LogP contribution in [0.15, 0.2) is 63.0 Å². The lowest BCUT2D eigenvalue weighted by Gasteiger charge is -2.60. The number of nitrogens with zero attached hydrogens (tertiary/aromatic N) is 4. The fourth-order valence-corrected chi connectivity index (χ4v) is 17.7. The van der Waals surface area contributed by atoms with E-state index in [0.29, 0.717) is 68.7 Å². The first-order valence-corrected chi connectivity index (χ1v) is 32.7. The lowest BCUT2D eigenvalue weighted by molar-refractivity contribution is -0.196. The molecule has 18 atom stereocenters. The van der Waals surface area contributed by atoms with E-state index in [-0.39, 0.29) is 65.2 Å². The maximum absolute atomic E-state index is 13.2. The second-order valence-electron chi connectivity index (χ2n) is 26.0. The summed E-state index contributed by atoms with van der Waals surface area (Å²) in [4.78, 5) is 40.1. The molecule has 2 saturated heterocycles. The molecular formula is C63H103IN8O14. The van der Waals surface area contributed by atoms with Crippen molar-refractivity contribution in [2.24, 2.45) is 89.9 Å². The summed E-state index contributed by atoms with van der Waals surface area (Å²) in [6, 6.07) is 0. The number of aliphatic hydroxyl groups excluding tert-OH is 4. The SMILES string of the molecule is CC1O[C@@H]2C[C@H]3[C@@H]4CCC5=C/C(=N/OCCCCN)C=C[C@]5(C)[C@H]4[C@@H](O)C[C@]3(C)[C@]2(/C(CO)=N\N(C)C)O1.COC(=O)NCCCCO/N=C1\C=C[C@@]2(C)C(=C1)CC[C@@H]1[C@@H]2[C@@H](O)C[C@@]2(C)[C@H]1C[C@H]1OC(C)O[C@]12C(=O)CO.NCCCCON.[2H]CI. The van der Waals surface area contributed by atoms with E-state index in [4.69, 9.17) is 52.5 Å². The fourth-order valence-electron chi connectivity index (χ4n) is 17.7. The van der Waals surface area contributed by atoms with Gasteiger partial charge in [0.1, 0.15) is 36.8 Å². The molecule has 2 aliphatic heterocycles. The first-order valence-electron chi connectivity index (χ1n) is 31.9. The van der Waals surface area contributed by atoms with E-state index < -0.39 is 59.3 Å².